The molecule has 1 aromatic rings. The molecular formula is C15H23ClN2O4. The summed E-state index contributed by atoms with van der Waals surface area (Å²) in [6.07, 6.45) is 4.68. The molecule has 1 aliphatic carbocycles. The van der Waals surface area contributed by atoms with Gasteiger partial charge >= 0.3 is 5.69 Å². The van der Waals surface area contributed by atoms with Gasteiger partial charge in [0.25, 0.3) is 0 Å². The lowest BCUT2D eigenvalue weighted by molar-refractivity contribution is -0.385. The van der Waals surface area contributed by atoms with Crippen LogP contribution in [0.2, 0.25) is 0 Å². The van der Waals surface area contributed by atoms with Crippen LogP contribution in [-0.2, 0) is 0 Å². The molecule has 1 saturated carbocycles. The molecule has 2 atom stereocenters. The maximum Gasteiger partial charge on any atom is 0.311 e. The smallest absolute Gasteiger partial charge is 0.311 e. The van der Waals surface area contributed by atoms with Crippen LogP contribution < -0.4 is 10.5 Å². The molecule has 0 heterocycles. The van der Waals surface area contributed by atoms with Gasteiger partial charge in [-0.25, -0.2) is 0 Å². The zero-order chi connectivity index (χ0) is 15.4. The number of benzene rings is 1. The van der Waals surface area contributed by atoms with Gasteiger partial charge in [-0.3, -0.25) is 10.1 Å². The highest BCUT2D eigenvalue weighted by atomic mass is 35.5. The second-order valence-corrected chi connectivity index (χ2v) is 5.60. The second-order valence-electron chi connectivity index (χ2n) is 5.60. The summed E-state index contributed by atoms with van der Waals surface area (Å²) >= 11 is 0. The van der Waals surface area contributed by atoms with Gasteiger partial charge in [-0.1, -0.05) is 25.3 Å². The van der Waals surface area contributed by atoms with Gasteiger partial charge in [0.1, 0.15) is 0 Å². The topological polar surface area (TPSA) is 98.6 Å². The Hall–Kier alpha value is -1.37. The zero-order valence-electron chi connectivity index (χ0n) is 12.6. The molecule has 2 rings (SSSR count). The first-order chi connectivity index (χ1) is 10.0. The van der Waals surface area contributed by atoms with Crippen molar-refractivity contribution in [3.05, 3.63) is 33.9 Å². The number of hydrogen-bond acceptors (Lipinski definition) is 5. The summed E-state index contributed by atoms with van der Waals surface area (Å²) in [6, 6.07) is 4.00. The first-order valence-corrected chi connectivity index (χ1v) is 7.30. The number of nitrogens with zero attached hydrogens (tertiary/aromatic N) is 1. The summed E-state index contributed by atoms with van der Waals surface area (Å²) in [7, 11) is 1.39. The lowest BCUT2D eigenvalue weighted by Crippen LogP contribution is -2.34. The van der Waals surface area contributed by atoms with Crippen LogP contribution in [0.15, 0.2) is 18.2 Å². The van der Waals surface area contributed by atoms with E-state index in [9.17, 15) is 15.2 Å². The Morgan fingerprint density at radius 1 is 1.36 bits per heavy atom. The molecule has 0 radical (unpaired) electrons. The lowest BCUT2D eigenvalue weighted by atomic mass is 9.81. The Labute approximate surface area is 136 Å². The van der Waals surface area contributed by atoms with E-state index in [2.05, 4.69) is 0 Å². The number of methoxy groups -OCH3 is 1. The molecule has 3 N–H and O–H groups in total. The van der Waals surface area contributed by atoms with E-state index in [0.717, 1.165) is 25.7 Å². The molecule has 1 fully saturated rings. The molecule has 0 unspecified atom stereocenters. The van der Waals surface area contributed by atoms with Crippen molar-refractivity contribution in [2.75, 3.05) is 7.11 Å². The van der Waals surface area contributed by atoms with E-state index in [1.165, 1.54) is 25.7 Å². The first kappa shape index (κ1) is 18.7. The maximum absolute atomic E-state index is 11.0. The molecule has 22 heavy (non-hydrogen) atoms. The zero-order valence-corrected chi connectivity index (χ0v) is 13.4. The summed E-state index contributed by atoms with van der Waals surface area (Å²) in [6.45, 7) is 0. The normalized spacial score (nSPS) is 18.1. The van der Waals surface area contributed by atoms with E-state index in [0.29, 0.717) is 5.56 Å². The van der Waals surface area contributed by atoms with Crippen LogP contribution in [-0.4, -0.2) is 23.2 Å². The van der Waals surface area contributed by atoms with Crippen LogP contribution in [0.25, 0.3) is 0 Å². The standard InChI is InChI=1S/C15H22N2O4.ClH/c1-21-13-8-7-11(9-12(13)17(19)20)14(16)15(18)10-5-3-2-4-6-10;/h7-10,14-15,18H,2-6,16H2,1H3;1H/t14-,15+;/m1./s1. The van der Waals surface area contributed by atoms with Crippen LogP contribution >= 0.6 is 12.4 Å². The third-order valence-electron chi connectivity index (χ3n) is 4.29. The van der Waals surface area contributed by atoms with E-state index >= 15 is 0 Å². The van der Waals surface area contributed by atoms with Crippen molar-refractivity contribution < 1.29 is 14.8 Å². The predicted octanol–water partition coefficient (Wildman–Crippen LogP) is 2.97. The van der Waals surface area contributed by atoms with Gasteiger partial charge in [-0.15, -0.1) is 12.4 Å². The third-order valence-corrected chi connectivity index (χ3v) is 4.29. The van der Waals surface area contributed by atoms with Crippen molar-refractivity contribution in [3.8, 4) is 5.75 Å². The molecule has 0 bridgehead atoms. The SMILES string of the molecule is COc1ccc([C@@H](N)[C@@H](O)C2CCCCC2)cc1[N+](=O)[O-].Cl. The van der Waals surface area contributed by atoms with Crippen LogP contribution in [0.4, 0.5) is 5.69 Å². The fraction of sp³-hybridized carbons (Fsp3) is 0.600. The van der Waals surface area contributed by atoms with E-state index in [-0.39, 0.29) is 29.8 Å². The van der Waals surface area contributed by atoms with Crippen LogP contribution in [0.1, 0.15) is 43.7 Å². The maximum atomic E-state index is 11.0. The van der Waals surface area contributed by atoms with E-state index in [1.807, 2.05) is 0 Å². The summed E-state index contributed by atoms with van der Waals surface area (Å²) in [5.41, 5.74) is 6.56. The van der Waals surface area contributed by atoms with Crippen LogP contribution in [0.5, 0.6) is 5.75 Å². The van der Waals surface area contributed by atoms with Gasteiger partial charge < -0.3 is 15.6 Å². The number of nitro benzene ring substituents is 1. The second kappa shape index (κ2) is 8.31. The number of halogens is 1. The van der Waals surface area contributed by atoms with Gasteiger partial charge in [0, 0.05) is 6.07 Å². The Morgan fingerprint density at radius 3 is 2.55 bits per heavy atom. The summed E-state index contributed by atoms with van der Waals surface area (Å²) in [5, 5.41) is 21.5. The minimum atomic E-state index is -0.668. The molecule has 7 heteroatoms. The van der Waals surface area contributed by atoms with Gasteiger partial charge in [0.15, 0.2) is 5.75 Å². The van der Waals surface area contributed by atoms with Gasteiger partial charge in [0.05, 0.1) is 24.2 Å². The molecule has 0 saturated heterocycles. The van der Waals surface area contributed by atoms with E-state index in [4.69, 9.17) is 10.5 Å². The predicted molar refractivity (Wildman–Crippen MR) is 86.4 cm³/mol. The number of nitro groups is 1. The highest BCUT2D eigenvalue weighted by molar-refractivity contribution is 5.85. The average Bonchev–Trinajstić information content (AvgIpc) is 2.53. The van der Waals surface area contributed by atoms with E-state index in [1.54, 1.807) is 6.07 Å². The summed E-state index contributed by atoms with van der Waals surface area (Å²) in [4.78, 5) is 10.6. The molecule has 0 spiro atoms. The molecule has 1 aliphatic rings. The van der Waals surface area contributed by atoms with Crippen molar-refractivity contribution in [2.24, 2.45) is 11.7 Å². The van der Waals surface area contributed by atoms with Gasteiger partial charge in [0.2, 0.25) is 0 Å². The Kier molecular flexibility index (Phi) is 7.06. The summed E-state index contributed by atoms with van der Waals surface area (Å²) in [5.74, 6) is 0.373. The quantitative estimate of drug-likeness (QED) is 0.638. The number of aliphatic hydroxyl groups is 1. The third kappa shape index (κ3) is 4.09. The number of aliphatic hydroxyl groups excluding tert-OH is 1. The molecule has 0 amide bonds. The van der Waals surface area contributed by atoms with Crippen molar-refractivity contribution in [1.82, 2.24) is 0 Å². The number of rotatable bonds is 5. The highest BCUT2D eigenvalue weighted by Gasteiger charge is 2.29. The lowest BCUT2D eigenvalue weighted by Gasteiger charge is -2.30. The van der Waals surface area contributed by atoms with Crippen molar-refractivity contribution >= 4 is 18.1 Å². The monoisotopic (exact) mass is 330 g/mol. The summed E-state index contributed by atoms with van der Waals surface area (Å²) < 4.78 is 4.97. The van der Waals surface area contributed by atoms with Gasteiger partial charge in [-0.05, 0) is 30.4 Å². The number of ether oxygens (including phenoxy) is 1. The van der Waals surface area contributed by atoms with Crippen molar-refractivity contribution in [2.45, 2.75) is 44.2 Å². The number of hydrogen-bond donors (Lipinski definition) is 2. The minimum absolute atomic E-state index is 0. The van der Waals surface area contributed by atoms with Gasteiger partial charge in [-0.2, -0.15) is 0 Å². The van der Waals surface area contributed by atoms with E-state index < -0.39 is 17.1 Å². The van der Waals surface area contributed by atoms with Crippen LogP contribution in [0.3, 0.4) is 0 Å². The Balaban J connectivity index is 0.00000242. The Morgan fingerprint density at radius 2 is 2.00 bits per heavy atom. The highest BCUT2D eigenvalue weighted by Crippen LogP contribution is 2.34. The largest absolute Gasteiger partial charge is 0.490 e. The molecule has 1 aromatic carbocycles. The molecule has 124 valence electrons. The minimum Gasteiger partial charge on any atom is -0.490 e. The molecule has 0 aromatic heterocycles. The fourth-order valence-electron chi connectivity index (χ4n) is 3.02. The number of nitrogens with two attached hydrogens (primary N) is 1. The Bertz CT molecular complexity index is 506. The van der Waals surface area contributed by atoms with Crippen LogP contribution in [0, 0.1) is 16.0 Å². The molecule has 0 aliphatic heterocycles. The van der Waals surface area contributed by atoms with Crippen molar-refractivity contribution in [3.63, 3.8) is 0 Å². The van der Waals surface area contributed by atoms with Crippen molar-refractivity contribution in [1.29, 1.82) is 0 Å². The molecule has 6 nitrogen and oxygen atoms in total. The molecular weight excluding hydrogens is 308 g/mol. The average molecular weight is 331 g/mol. The first-order valence-electron chi connectivity index (χ1n) is 7.30. The fourth-order valence-corrected chi connectivity index (χ4v) is 3.02.